The molecule has 0 aliphatic heterocycles. The Morgan fingerprint density at radius 3 is 2.78 bits per heavy atom. The average molecular weight is 271 g/mol. The standard InChI is InChI=1S/C12H21N3O2S/c1-3-18(16,17)9-5-7-12(15-13)11-6-4-8-14-10(11)2/h4,6,8,12,15H,3,5,7,9,13H2,1-2H3. The first-order valence-electron chi connectivity index (χ1n) is 6.08. The van der Waals surface area contributed by atoms with Crippen LogP contribution in [0.15, 0.2) is 18.3 Å². The Morgan fingerprint density at radius 2 is 2.22 bits per heavy atom. The highest BCUT2D eigenvalue weighted by Crippen LogP contribution is 2.20. The van der Waals surface area contributed by atoms with Crippen LogP contribution in [0.4, 0.5) is 0 Å². The van der Waals surface area contributed by atoms with Crippen LogP contribution in [0, 0.1) is 6.92 Å². The molecule has 0 saturated heterocycles. The van der Waals surface area contributed by atoms with Crippen LogP contribution in [0.3, 0.4) is 0 Å². The Bertz CT molecular complexity index is 474. The molecule has 102 valence electrons. The maximum atomic E-state index is 11.4. The number of nitrogens with zero attached hydrogens (tertiary/aromatic N) is 1. The Labute approximate surface area is 109 Å². The van der Waals surface area contributed by atoms with Crippen molar-refractivity contribution in [3.05, 3.63) is 29.6 Å². The van der Waals surface area contributed by atoms with E-state index in [9.17, 15) is 8.42 Å². The van der Waals surface area contributed by atoms with Crippen molar-refractivity contribution in [3.63, 3.8) is 0 Å². The summed E-state index contributed by atoms with van der Waals surface area (Å²) in [4.78, 5) is 4.21. The highest BCUT2D eigenvalue weighted by Gasteiger charge is 2.14. The molecule has 6 heteroatoms. The van der Waals surface area contributed by atoms with E-state index in [0.717, 1.165) is 11.3 Å². The van der Waals surface area contributed by atoms with E-state index in [1.807, 2.05) is 19.1 Å². The number of hydrogen-bond donors (Lipinski definition) is 2. The molecular formula is C12H21N3O2S. The smallest absolute Gasteiger partial charge is 0.150 e. The number of hydrazine groups is 1. The maximum absolute atomic E-state index is 11.4. The zero-order chi connectivity index (χ0) is 13.6. The van der Waals surface area contributed by atoms with Gasteiger partial charge >= 0.3 is 0 Å². The summed E-state index contributed by atoms with van der Waals surface area (Å²) >= 11 is 0. The summed E-state index contributed by atoms with van der Waals surface area (Å²) in [5.74, 6) is 5.93. The summed E-state index contributed by atoms with van der Waals surface area (Å²) in [6.07, 6.45) is 3.01. The van der Waals surface area contributed by atoms with Crippen molar-refractivity contribution in [3.8, 4) is 0 Å². The molecule has 1 atom stereocenters. The molecule has 0 fully saturated rings. The highest BCUT2D eigenvalue weighted by atomic mass is 32.2. The zero-order valence-electron chi connectivity index (χ0n) is 10.9. The van der Waals surface area contributed by atoms with E-state index < -0.39 is 9.84 Å². The van der Waals surface area contributed by atoms with E-state index in [-0.39, 0.29) is 17.5 Å². The fourth-order valence-corrected chi connectivity index (χ4v) is 2.74. The summed E-state index contributed by atoms with van der Waals surface area (Å²) < 4.78 is 22.8. The van der Waals surface area contributed by atoms with Gasteiger partial charge in [-0.3, -0.25) is 16.3 Å². The third kappa shape index (κ3) is 4.36. The fourth-order valence-electron chi connectivity index (χ4n) is 1.85. The SMILES string of the molecule is CCS(=O)(=O)CCCC(NN)c1cccnc1C. The first kappa shape index (κ1) is 15.1. The summed E-state index contributed by atoms with van der Waals surface area (Å²) in [5.41, 5.74) is 4.67. The van der Waals surface area contributed by atoms with Crippen molar-refractivity contribution in [2.45, 2.75) is 32.7 Å². The van der Waals surface area contributed by atoms with Gasteiger partial charge < -0.3 is 0 Å². The zero-order valence-corrected chi connectivity index (χ0v) is 11.7. The van der Waals surface area contributed by atoms with E-state index in [0.29, 0.717) is 12.8 Å². The van der Waals surface area contributed by atoms with E-state index in [2.05, 4.69) is 10.4 Å². The van der Waals surface area contributed by atoms with Crippen molar-refractivity contribution in [1.29, 1.82) is 0 Å². The van der Waals surface area contributed by atoms with Gasteiger partial charge in [-0.15, -0.1) is 0 Å². The van der Waals surface area contributed by atoms with E-state index in [1.54, 1.807) is 13.1 Å². The van der Waals surface area contributed by atoms with Gasteiger partial charge in [0.25, 0.3) is 0 Å². The van der Waals surface area contributed by atoms with Gasteiger partial charge in [-0.25, -0.2) is 8.42 Å². The molecule has 0 saturated carbocycles. The number of nitrogens with two attached hydrogens (primary N) is 1. The second-order valence-corrected chi connectivity index (χ2v) is 6.75. The first-order valence-corrected chi connectivity index (χ1v) is 7.90. The average Bonchev–Trinajstić information content (AvgIpc) is 2.36. The van der Waals surface area contributed by atoms with Crippen LogP contribution >= 0.6 is 0 Å². The van der Waals surface area contributed by atoms with Crippen LogP contribution < -0.4 is 11.3 Å². The van der Waals surface area contributed by atoms with Crippen LogP contribution in [0.25, 0.3) is 0 Å². The van der Waals surface area contributed by atoms with Gasteiger partial charge in [0.2, 0.25) is 0 Å². The fraction of sp³-hybridized carbons (Fsp3) is 0.583. The van der Waals surface area contributed by atoms with Crippen LogP contribution in [0.5, 0.6) is 0 Å². The summed E-state index contributed by atoms with van der Waals surface area (Å²) in [7, 11) is -2.90. The number of nitrogens with one attached hydrogen (secondary N) is 1. The molecule has 0 aromatic carbocycles. The van der Waals surface area contributed by atoms with E-state index in [4.69, 9.17) is 5.84 Å². The minimum absolute atomic E-state index is 0.0502. The number of sulfone groups is 1. The number of aryl methyl sites for hydroxylation is 1. The Balaban J connectivity index is 2.61. The predicted octanol–water partition coefficient (Wildman–Crippen LogP) is 1.11. The third-order valence-electron chi connectivity index (χ3n) is 3.01. The normalized spacial score (nSPS) is 13.5. The number of rotatable bonds is 7. The molecule has 18 heavy (non-hydrogen) atoms. The number of pyridine rings is 1. The lowest BCUT2D eigenvalue weighted by molar-refractivity contribution is 0.503. The van der Waals surface area contributed by atoms with Gasteiger partial charge in [0, 0.05) is 23.7 Å². The van der Waals surface area contributed by atoms with Crippen molar-refractivity contribution in [2.24, 2.45) is 5.84 Å². The minimum atomic E-state index is -2.90. The van der Waals surface area contributed by atoms with Crippen molar-refractivity contribution < 1.29 is 8.42 Å². The van der Waals surface area contributed by atoms with Crippen molar-refractivity contribution in [1.82, 2.24) is 10.4 Å². The van der Waals surface area contributed by atoms with Crippen molar-refractivity contribution in [2.75, 3.05) is 11.5 Å². The molecule has 0 aliphatic rings. The summed E-state index contributed by atoms with van der Waals surface area (Å²) in [6, 6.07) is 3.77. The lowest BCUT2D eigenvalue weighted by atomic mass is 10.0. The molecule has 5 nitrogen and oxygen atoms in total. The molecule has 1 aromatic heterocycles. The summed E-state index contributed by atoms with van der Waals surface area (Å²) in [6.45, 7) is 3.59. The quantitative estimate of drug-likeness (QED) is 0.573. The Kier molecular flexibility index (Phi) is 5.71. The Morgan fingerprint density at radius 1 is 1.50 bits per heavy atom. The second kappa shape index (κ2) is 6.82. The predicted molar refractivity (Wildman–Crippen MR) is 72.6 cm³/mol. The molecule has 3 N–H and O–H groups in total. The monoisotopic (exact) mass is 271 g/mol. The van der Waals surface area contributed by atoms with Gasteiger partial charge in [0.15, 0.2) is 0 Å². The molecule has 0 spiro atoms. The molecule has 1 unspecified atom stereocenters. The highest BCUT2D eigenvalue weighted by molar-refractivity contribution is 7.91. The second-order valence-electron chi connectivity index (χ2n) is 4.28. The maximum Gasteiger partial charge on any atom is 0.150 e. The largest absolute Gasteiger partial charge is 0.271 e. The minimum Gasteiger partial charge on any atom is -0.271 e. The van der Waals surface area contributed by atoms with E-state index in [1.165, 1.54) is 0 Å². The van der Waals surface area contributed by atoms with Crippen LogP contribution in [0.1, 0.15) is 37.1 Å². The topological polar surface area (TPSA) is 85.1 Å². The molecular weight excluding hydrogens is 250 g/mol. The molecule has 0 bridgehead atoms. The van der Waals surface area contributed by atoms with Gasteiger partial charge in [-0.1, -0.05) is 13.0 Å². The molecule has 1 aromatic rings. The number of hydrogen-bond acceptors (Lipinski definition) is 5. The lowest BCUT2D eigenvalue weighted by Crippen LogP contribution is -2.29. The summed E-state index contributed by atoms with van der Waals surface area (Å²) in [5, 5.41) is 0. The molecule has 0 aliphatic carbocycles. The van der Waals surface area contributed by atoms with Gasteiger partial charge in [-0.2, -0.15) is 0 Å². The van der Waals surface area contributed by atoms with Crippen molar-refractivity contribution >= 4 is 9.84 Å². The van der Waals surface area contributed by atoms with Gasteiger partial charge in [0.1, 0.15) is 9.84 Å². The van der Waals surface area contributed by atoms with Crippen LogP contribution in [0.2, 0.25) is 0 Å². The molecule has 0 radical (unpaired) electrons. The third-order valence-corrected chi connectivity index (χ3v) is 4.80. The molecule has 0 amide bonds. The van der Waals surface area contributed by atoms with Gasteiger partial charge in [0.05, 0.1) is 5.75 Å². The Hall–Kier alpha value is -0.980. The van der Waals surface area contributed by atoms with Crippen LogP contribution in [-0.4, -0.2) is 24.9 Å². The number of aromatic nitrogens is 1. The van der Waals surface area contributed by atoms with Gasteiger partial charge in [-0.05, 0) is 31.4 Å². The molecule has 1 heterocycles. The first-order chi connectivity index (χ1) is 8.50. The lowest BCUT2D eigenvalue weighted by Gasteiger charge is -2.17. The van der Waals surface area contributed by atoms with Crippen LogP contribution in [-0.2, 0) is 9.84 Å². The molecule has 1 rings (SSSR count). The van der Waals surface area contributed by atoms with E-state index >= 15 is 0 Å².